The Hall–Kier alpha value is -2.32. The van der Waals surface area contributed by atoms with Crippen LogP contribution in [0.4, 0.5) is 5.69 Å². The summed E-state index contributed by atoms with van der Waals surface area (Å²) in [5, 5.41) is 2.20. The second-order valence-corrected chi connectivity index (χ2v) is 9.43. The second-order valence-electron chi connectivity index (χ2n) is 9.43. The molecule has 4 unspecified atom stereocenters. The quantitative estimate of drug-likeness (QED) is 0.760. The van der Waals surface area contributed by atoms with E-state index >= 15 is 0 Å². The number of nitrogens with one attached hydrogen (secondary N) is 1. The zero-order chi connectivity index (χ0) is 22.2. The van der Waals surface area contributed by atoms with Crippen molar-refractivity contribution in [1.82, 2.24) is 20.2 Å². The molecule has 3 heterocycles. The SMILES string of the molecule is CCOc1ccccc1N1CCN(C(=O)C2CCC3C(C2)N(C)C(=O)C2CCNN23)CC1. The molecule has 3 saturated heterocycles. The minimum absolute atomic E-state index is 0.00733. The standard InChI is InChI=1S/C24H35N5O3/c1-3-32-22-7-5-4-6-19(22)27-12-14-28(15-13-27)23(30)17-8-9-18-21(16-17)26(2)24(31)20-10-11-25-29(18)20/h4-7,17-18,20-21,25H,3,8-16H2,1-2H3. The molecule has 4 fully saturated rings. The molecule has 2 amide bonds. The third kappa shape index (κ3) is 3.73. The summed E-state index contributed by atoms with van der Waals surface area (Å²) in [5.41, 5.74) is 4.53. The van der Waals surface area contributed by atoms with Gasteiger partial charge in [0.05, 0.1) is 12.3 Å². The Balaban J connectivity index is 1.21. The van der Waals surface area contributed by atoms with E-state index in [1.54, 1.807) is 0 Å². The van der Waals surface area contributed by atoms with E-state index in [0.717, 1.165) is 69.8 Å². The van der Waals surface area contributed by atoms with E-state index in [4.69, 9.17) is 4.74 Å². The maximum Gasteiger partial charge on any atom is 0.241 e. The van der Waals surface area contributed by atoms with Crippen molar-refractivity contribution in [2.24, 2.45) is 5.92 Å². The lowest BCUT2D eigenvalue weighted by molar-refractivity contribution is -0.155. The van der Waals surface area contributed by atoms with Crippen molar-refractivity contribution >= 4 is 17.5 Å². The Morgan fingerprint density at radius 2 is 1.88 bits per heavy atom. The van der Waals surface area contributed by atoms with Crippen LogP contribution in [0, 0.1) is 5.92 Å². The fraction of sp³-hybridized carbons (Fsp3) is 0.667. The van der Waals surface area contributed by atoms with Crippen LogP contribution < -0.4 is 15.1 Å². The molecule has 4 aliphatic rings. The van der Waals surface area contributed by atoms with Gasteiger partial charge in [0.15, 0.2) is 0 Å². The summed E-state index contributed by atoms with van der Waals surface area (Å²) in [7, 11) is 1.93. The lowest BCUT2D eigenvalue weighted by Gasteiger charge is -2.51. The van der Waals surface area contributed by atoms with Gasteiger partial charge in [-0.05, 0) is 44.7 Å². The topological polar surface area (TPSA) is 68.4 Å². The van der Waals surface area contributed by atoms with Gasteiger partial charge in [0.25, 0.3) is 0 Å². The predicted molar refractivity (Wildman–Crippen MR) is 122 cm³/mol. The molecule has 4 atom stereocenters. The minimum Gasteiger partial charge on any atom is -0.492 e. The van der Waals surface area contributed by atoms with Crippen LogP contribution in [0.3, 0.4) is 0 Å². The van der Waals surface area contributed by atoms with E-state index in [1.807, 2.05) is 42.0 Å². The lowest BCUT2D eigenvalue weighted by atomic mass is 9.78. The Kier molecular flexibility index (Phi) is 5.99. The number of carbonyl (C=O) groups excluding carboxylic acids is 2. The number of hydrogen-bond acceptors (Lipinski definition) is 6. The van der Waals surface area contributed by atoms with Crippen LogP contribution in [-0.2, 0) is 9.59 Å². The molecule has 1 saturated carbocycles. The number of hydrogen-bond donors (Lipinski definition) is 1. The van der Waals surface area contributed by atoms with Gasteiger partial charge in [-0.3, -0.25) is 15.0 Å². The number of likely N-dealkylation sites (N-methyl/N-ethyl adjacent to an activating group) is 1. The summed E-state index contributed by atoms with van der Waals surface area (Å²) in [4.78, 5) is 32.5. The summed E-state index contributed by atoms with van der Waals surface area (Å²) in [6.07, 6.45) is 3.51. The molecule has 174 valence electrons. The van der Waals surface area contributed by atoms with Crippen molar-refractivity contribution < 1.29 is 14.3 Å². The smallest absolute Gasteiger partial charge is 0.241 e. The van der Waals surface area contributed by atoms with E-state index in [9.17, 15) is 9.59 Å². The summed E-state index contributed by atoms with van der Waals surface area (Å²) < 4.78 is 5.80. The first-order chi connectivity index (χ1) is 15.6. The molecule has 0 radical (unpaired) electrons. The number of hydrazine groups is 1. The predicted octanol–water partition coefficient (Wildman–Crippen LogP) is 1.32. The molecular weight excluding hydrogens is 406 g/mol. The van der Waals surface area contributed by atoms with Crippen molar-refractivity contribution in [3.63, 3.8) is 0 Å². The van der Waals surface area contributed by atoms with Gasteiger partial charge in [-0.1, -0.05) is 12.1 Å². The van der Waals surface area contributed by atoms with E-state index in [2.05, 4.69) is 21.4 Å². The molecule has 1 N–H and O–H groups in total. The molecule has 5 rings (SSSR count). The number of nitrogens with zero attached hydrogens (tertiary/aromatic N) is 4. The number of anilines is 1. The van der Waals surface area contributed by atoms with Crippen molar-refractivity contribution in [2.75, 3.05) is 51.3 Å². The number of benzene rings is 1. The number of para-hydroxylation sites is 2. The third-order valence-corrected chi connectivity index (χ3v) is 7.76. The van der Waals surface area contributed by atoms with Crippen LogP contribution in [0.1, 0.15) is 32.6 Å². The van der Waals surface area contributed by atoms with Crippen LogP contribution >= 0.6 is 0 Å². The highest BCUT2D eigenvalue weighted by molar-refractivity contribution is 5.84. The fourth-order valence-corrected chi connectivity index (χ4v) is 6.09. The molecule has 32 heavy (non-hydrogen) atoms. The maximum atomic E-state index is 13.4. The molecule has 8 heteroatoms. The first kappa shape index (κ1) is 21.5. The Labute approximate surface area is 190 Å². The summed E-state index contributed by atoms with van der Waals surface area (Å²) in [5.74, 6) is 1.38. The molecule has 1 aromatic carbocycles. The molecule has 0 spiro atoms. The van der Waals surface area contributed by atoms with Crippen LogP contribution in [0.15, 0.2) is 24.3 Å². The highest BCUT2D eigenvalue weighted by Crippen LogP contribution is 2.37. The normalized spacial score (nSPS) is 30.8. The van der Waals surface area contributed by atoms with Gasteiger partial charge in [0.1, 0.15) is 11.8 Å². The Morgan fingerprint density at radius 3 is 2.66 bits per heavy atom. The minimum atomic E-state index is -0.0267. The van der Waals surface area contributed by atoms with E-state index < -0.39 is 0 Å². The fourth-order valence-electron chi connectivity index (χ4n) is 6.09. The highest BCUT2D eigenvalue weighted by Gasteiger charge is 2.50. The van der Waals surface area contributed by atoms with Crippen molar-refractivity contribution in [1.29, 1.82) is 0 Å². The van der Waals surface area contributed by atoms with Gasteiger partial charge in [0.2, 0.25) is 11.8 Å². The van der Waals surface area contributed by atoms with Crippen molar-refractivity contribution in [3.05, 3.63) is 24.3 Å². The van der Waals surface area contributed by atoms with Gasteiger partial charge in [-0.15, -0.1) is 0 Å². The van der Waals surface area contributed by atoms with Gasteiger partial charge >= 0.3 is 0 Å². The number of ether oxygens (including phenoxy) is 1. The Morgan fingerprint density at radius 1 is 1.09 bits per heavy atom. The molecule has 1 aromatic rings. The van der Waals surface area contributed by atoms with Gasteiger partial charge in [-0.2, -0.15) is 0 Å². The van der Waals surface area contributed by atoms with Crippen LogP contribution in [0.5, 0.6) is 5.75 Å². The van der Waals surface area contributed by atoms with Gasteiger partial charge in [0, 0.05) is 57.8 Å². The molecule has 1 aliphatic carbocycles. The first-order valence-corrected chi connectivity index (χ1v) is 12.1. The average molecular weight is 442 g/mol. The lowest BCUT2D eigenvalue weighted by Crippen LogP contribution is -2.67. The number of rotatable bonds is 4. The molecule has 0 aromatic heterocycles. The highest BCUT2D eigenvalue weighted by atomic mass is 16.5. The molecular formula is C24H35N5O3. The monoisotopic (exact) mass is 441 g/mol. The van der Waals surface area contributed by atoms with Gasteiger partial charge < -0.3 is 19.4 Å². The summed E-state index contributed by atoms with van der Waals surface area (Å²) in [6.45, 7) is 6.59. The summed E-state index contributed by atoms with van der Waals surface area (Å²) in [6, 6.07) is 8.55. The average Bonchev–Trinajstić information content (AvgIpc) is 3.33. The molecule has 3 aliphatic heterocycles. The van der Waals surface area contributed by atoms with Crippen LogP contribution in [0.25, 0.3) is 0 Å². The summed E-state index contributed by atoms with van der Waals surface area (Å²) >= 11 is 0. The number of carbonyl (C=O) groups is 2. The van der Waals surface area contributed by atoms with E-state index in [0.29, 0.717) is 12.6 Å². The number of amides is 2. The van der Waals surface area contributed by atoms with Crippen LogP contribution in [-0.4, -0.2) is 91.1 Å². The number of fused-ring (bicyclic) bond motifs is 3. The van der Waals surface area contributed by atoms with Gasteiger partial charge in [-0.25, -0.2) is 5.01 Å². The number of piperazine rings is 2. The van der Waals surface area contributed by atoms with Crippen LogP contribution in [0.2, 0.25) is 0 Å². The second kappa shape index (κ2) is 8.90. The zero-order valence-electron chi connectivity index (χ0n) is 19.2. The third-order valence-electron chi connectivity index (χ3n) is 7.76. The van der Waals surface area contributed by atoms with Crippen molar-refractivity contribution in [2.45, 2.75) is 50.7 Å². The largest absolute Gasteiger partial charge is 0.492 e. The first-order valence-electron chi connectivity index (χ1n) is 12.1. The van der Waals surface area contributed by atoms with Crippen molar-refractivity contribution in [3.8, 4) is 5.75 Å². The van der Waals surface area contributed by atoms with E-state index in [1.165, 1.54) is 0 Å². The molecule has 8 nitrogen and oxygen atoms in total. The Bertz CT molecular complexity index is 856. The maximum absolute atomic E-state index is 13.4. The van der Waals surface area contributed by atoms with E-state index in [-0.39, 0.29) is 29.8 Å². The molecule has 0 bridgehead atoms. The zero-order valence-corrected chi connectivity index (χ0v) is 19.2.